The molecule has 0 unspecified atom stereocenters. The first-order chi connectivity index (χ1) is 12.2. The number of rotatable bonds is 5. The Labute approximate surface area is 145 Å². The Hall–Kier alpha value is -3.54. The smallest absolute Gasteiger partial charge is 0.254 e. The molecule has 0 saturated heterocycles. The first-order valence-corrected chi connectivity index (χ1v) is 7.71. The Morgan fingerprint density at radius 2 is 1.24 bits per heavy atom. The zero-order chi connectivity index (χ0) is 17.5. The molecule has 0 radical (unpaired) electrons. The number of carbonyl (C=O) groups excluding carboxylic acids is 2. The molecular formula is C19H16N4O2. The van der Waals surface area contributed by atoms with Crippen molar-refractivity contribution in [2.75, 3.05) is 0 Å². The third-order valence-electron chi connectivity index (χ3n) is 3.53. The average Bonchev–Trinajstić information content (AvgIpc) is 2.69. The first-order valence-electron chi connectivity index (χ1n) is 7.71. The second-order valence-corrected chi connectivity index (χ2v) is 5.27. The van der Waals surface area contributed by atoms with Gasteiger partial charge in [0.1, 0.15) is 6.17 Å². The summed E-state index contributed by atoms with van der Waals surface area (Å²) < 4.78 is 0. The zero-order valence-electron chi connectivity index (χ0n) is 13.3. The van der Waals surface area contributed by atoms with E-state index in [0.717, 1.165) is 5.56 Å². The summed E-state index contributed by atoms with van der Waals surface area (Å²) in [6, 6.07) is 15.9. The molecule has 0 aliphatic heterocycles. The van der Waals surface area contributed by atoms with Gasteiger partial charge in [-0.15, -0.1) is 0 Å². The monoisotopic (exact) mass is 332 g/mol. The topological polar surface area (TPSA) is 84.0 Å². The minimum absolute atomic E-state index is 0.326. The van der Waals surface area contributed by atoms with Gasteiger partial charge in [0.2, 0.25) is 0 Å². The normalized spacial score (nSPS) is 10.3. The zero-order valence-corrected chi connectivity index (χ0v) is 13.3. The highest BCUT2D eigenvalue weighted by Gasteiger charge is 2.18. The summed E-state index contributed by atoms with van der Waals surface area (Å²) in [7, 11) is 0. The average molecular weight is 332 g/mol. The van der Waals surface area contributed by atoms with Gasteiger partial charge >= 0.3 is 0 Å². The van der Waals surface area contributed by atoms with Gasteiger partial charge in [-0.3, -0.25) is 19.6 Å². The molecule has 6 heteroatoms. The molecule has 3 aromatic rings. The summed E-state index contributed by atoms with van der Waals surface area (Å²) in [6.45, 7) is 0. The van der Waals surface area contributed by atoms with E-state index in [2.05, 4.69) is 20.6 Å². The van der Waals surface area contributed by atoms with Gasteiger partial charge in [0.25, 0.3) is 11.8 Å². The van der Waals surface area contributed by atoms with Crippen molar-refractivity contribution >= 4 is 11.8 Å². The van der Waals surface area contributed by atoms with Gasteiger partial charge in [0.05, 0.1) is 11.1 Å². The fourth-order valence-electron chi connectivity index (χ4n) is 2.27. The quantitative estimate of drug-likeness (QED) is 0.702. The van der Waals surface area contributed by atoms with Crippen LogP contribution in [0, 0.1) is 0 Å². The van der Waals surface area contributed by atoms with Crippen LogP contribution in [-0.4, -0.2) is 21.8 Å². The molecule has 1 aromatic carbocycles. The lowest BCUT2D eigenvalue weighted by molar-refractivity contribution is 0.0883. The predicted octanol–water partition coefficient (Wildman–Crippen LogP) is 2.34. The molecule has 0 fully saturated rings. The summed E-state index contributed by atoms with van der Waals surface area (Å²) in [6.07, 6.45) is 5.45. The number of aromatic nitrogens is 2. The van der Waals surface area contributed by atoms with E-state index in [4.69, 9.17) is 0 Å². The summed E-state index contributed by atoms with van der Waals surface area (Å²) in [5, 5.41) is 5.64. The second kappa shape index (κ2) is 7.83. The van der Waals surface area contributed by atoms with Crippen molar-refractivity contribution in [1.82, 2.24) is 20.6 Å². The number of nitrogens with one attached hydrogen (secondary N) is 2. The molecule has 0 aliphatic carbocycles. The molecule has 6 nitrogen and oxygen atoms in total. The molecule has 0 bridgehead atoms. The van der Waals surface area contributed by atoms with Crippen LogP contribution in [-0.2, 0) is 0 Å². The summed E-state index contributed by atoms with van der Waals surface area (Å²) in [4.78, 5) is 32.7. The molecule has 0 aliphatic rings. The van der Waals surface area contributed by atoms with Crippen LogP contribution >= 0.6 is 0 Å². The van der Waals surface area contributed by atoms with Gasteiger partial charge in [-0.2, -0.15) is 0 Å². The van der Waals surface area contributed by atoms with E-state index in [1.165, 1.54) is 12.4 Å². The lowest BCUT2D eigenvalue weighted by Gasteiger charge is -2.20. The Morgan fingerprint density at radius 1 is 0.720 bits per heavy atom. The maximum Gasteiger partial charge on any atom is 0.254 e. The molecule has 0 atom stereocenters. The Bertz CT molecular complexity index is 786. The number of hydrogen-bond acceptors (Lipinski definition) is 4. The number of hydrogen-bond donors (Lipinski definition) is 2. The van der Waals surface area contributed by atoms with Crippen molar-refractivity contribution in [1.29, 1.82) is 0 Å². The minimum atomic E-state index is -0.679. The van der Waals surface area contributed by atoms with Crippen LogP contribution in [0.4, 0.5) is 0 Å². The van der Waals surface area contributed by atoms with Crippen molar-refractivity contribution in [3.8, 4) is 0 Å². The Balaban J connectivity index is 1.81. The van der Waals surface area contributed by atoms with Gasteiger partial charge in [-0.05, 0) is 29.8 Å². The van der Waals surface area contributed by atoms with Crippen LogP contribution in [0.5, 0.6) is 0 Å². The highest BCUT2D eigenvalue weighted by molar-refractivity contribution is 5.96. The van der Waals surface area contributed by atoms with E-state index < -0.39 is 6.17 Å². The second-order valence-electron chi connectivity index (χ2n) is 5.27. The van der Waals surface area contributed by atoms with Gasteiger partial charge in [0.15, 0.2) is 0 Å². The highest BCUT2D eigenvalue weighted by atomic mass is 16.2. The standard InChI is InChI=1S/C19H16N4O2/c24-18(15-8-4-10-20-12-15)22-17(14-6-2-1-3-7-14)23-19(25)16-9-5-11-21-13-16/h1-13,17H,(H,22,24)(H,23,25). The van der Waals surface area contributed by atoms with E-state index in [1.54, 1.807) is 36.7 Å². The van der Waals surface area contributed by atoms with Crippen LogP contribution in [0.3, 0.4) is 0 Å². The van der Waals surface area contributed by atoms with Crippen LogP contribution in [0.1, 0.15) is 32.4 Å². The van der Waals surface area contributed by atoms with Crippen LogP contribution in [0.2, 0.25) is 0 Å². The van der Waals surface area contributed by atoms with Gasteiger partial charge in [-0.1, -0.05) is 30.3 Å². The molecule has 2 N–H and O–H groups in total. The van der Waals surface area contributed by atoms with Gasteiger partial charge < -0.3 is 10.6 Å². The number of carbonyl (C=O) groups is 2. The summed E-state index contributed by atoms with van der Waals surface area (Å²) in [5.41, 5.74) is 1.59. The SMILES string of the molecule is O=C(NC(NC(=O)c1cccnc1)c1ccccc1)c1cccnc1. The molecule has 3 rings (SSSR count). The van der Waals surface area contributed by atoms with Gasteiger partial charge in [-0.25, -0.2) is 0 Å². The largest absolute Gasteiger partial charge is 0.328 e. The molecule has 124 valence electrons. The highest BCUT2D eigenvalue weighted by Crippen LogP contribution is 2.12. The van der Waals surface area contributed by atoms with Crippen molar-refractivity contribution < 1.29 is 9.59 Å². The fraction of sp³-hybridized carbons (Fsp3) is 0.0526. The van der Waals surface area contributed by atoms with Crippen LogP contribution in [0.25, 0.3) is 0 Å². The van der Waals surface area contributed by atoms with Crippen molar-refractivity contribution in [2.45, 2.75) is 6.17 Å². The van der Waals surface area contributed by atoms with Crippen LogP contribution < -0.4 is 10.6 Å². The number of benzene rings is 1. The summed E-state index contributed by atoms with van der Waals surface area (Å²) >= 11 is 0. The minimum Gasteiger partial charge on any atom is -0.328 e. The van der Waals surface area contributed by atoms with Crippen molar-refractivity contribution in [3.63, 3.8) is 0 Å². The Morgan fingerprint density at radius 3 is 1.68 bits per heavy atom. The lowest BCUT2D eigenvalue weighted by Crippen LogP contribution is -2.41. The van der Waals surface area contributed by atoms with Crippen molar-refractivity contribution in [2.24, 2.45) is 0 Å². The molecular weight excluding hydrogens is 316 g/mol. The van der Waals surface area contributed by atoms with E-state index in [0.29, 0.717) is 11.1 Å². The van der Waals surface area contributed by atoms with Crippen molar-refractivity contribution in [3.05, 3.63) is 96.1 Å². The fourth-order valence-corrected chi connectivity index (χ4v) is 2.27. The summed E-state index contributed by atoms with van der Waals surface area (Å²) in [5.74, 6) is -0.651. The third kappa shape index (κ3) is 4.26. The molecule has 0 saturated carbocycles. The maximum absolute atomic E-state index is 12.4. The Kier molecular flexibility index (Phi) is 5.11. The number of amides is 2. The lowest BCUT2D eigenvalue weighted by atomic mass is 10.1. The van der Waals surface area contributed by atoms with E-state index in [-0.39, 0.29) is 11.8 Å². The third-order valence-corrected chi connectivity index (χ3v) is 3.53. The van der Waals surface area contributed by atoms with E-state index in [9.17, 15) is 9.59 Å². The number of nitrogens with zero attached hydrogens (tertiary/aromatic N) is 2. The first kappa shape index (κ1) is 16.3. The molecule has 0 spiro atoms. The predicted molar refractivity (Wildman–Crippen MR) is 92.6 cm³/mol. The van der Waals surface area contributed by atoms with E-state index in [1.807, 2.05) is 30.3 Å². The van der Waals surface area contributed by atoms with Crippen LogP contribution in [0.15, 0.2) is 79.4 Å². The molecule has 25 heavy (non-hydrogen) atoms. The molecule has 2 heterocycles. The molecule has 2 aromatic heterocycles. The molecule has 2 amide bonds. The maximum atomic E-state index is 12.4. The number of pyridine rings is 2. The van der Waals surface area contributed by atoms with E-state index >= 15 is 0 Å². The van der Waals surface area contributed by atoms with Gasteiger partial charge in [0, 0.05) is 24.8 Å².